The molecular formula is C18H17N3O5. The number of anilines is 1. The first-order valence-corrected chi connectivity index (χ1v) is 7.64. The van der Waals surface area contributed by atoms with Crippen molar-refractivity contribution in [3.63, 3.8) is 0 Å². The van der Waals surface area contributed by atoms with Gasteiger partial charge in [0.1, 0.15) is 28.7 Å². The molecule has 1 amide bonds. The van der Waals surface area contributed by atoms with E-state index in [4.69, 9.17) is 14.7 Å². The summed E-state index contributed by atoms with van der Waals surface area (Å²) in [4.78, 5) is 21.9. The van der Waals surface area contributed by atoms with Crippen LogP contribution in [0.15, 0.2) is 42.5 Å². The molecule has 8 nitrogen and oxygen atoms in total. The first-order valence-electron chi connectivity index (χ1n) is 7.64. The molecule has 26 heavy (non-hydrogen) atoms. The Balaban J connectivity index is 2.07. The van der Waals surface area contributed by atoms with Gasteiger partial charge in [0.2, 0.25) is 0 Å². The maximum atomic E-state index is 11.7. The summed E-state index contributed by atoms with van der Waals surface area (Å²) < 4.78 is 10.7. The predicted molar refractivity (Wildman–Crippen MR) is 94.2 cm³/mol. The van der Waals surface area contributed by atoms with Crippen molar-refractivity contribution < 1.29 is 19.2 Å². The normalized spacial score (nSPS) is 10.5. The topological polar surface area (TPSA) is 114 Å². The van der Waals surface area contributed by atoms with E-state index >= 15 is 0 Å². The first-order chi connectivity index (χ1) is 12.2. The summed E-state index contributed by atoms with van der Waals surface area (Å²) in [6.45, 7) is 5.30. The molecule has 0 spiro atoms. The fourth-order valence-electron chi connectivity index (χ4n) is 1.99. The summed E-state index contributed by atoms with van der Waals surface area (Å²) >= 11 is 0. The smallest absolute Gasteiger partial charge is 0.412 e. The van der Waals surface area contributed by atoms with Gasteiger partial charge >= 0.3 is 6.09 Å². The van der Waals surface area contributed by atoms with E-state index in [0.29, 0.717) is 17.2 Å². The molecule has 8 heteroatoms. The third-order valence-corrected chi connectivity index (χ3v) is 3.02. The molecule has 0 saturated heterocycles. The molecule has 1 N–H and O–H groups in total. The number of rotatable bonds is 4. The predicted octanol–water partition coefficient (Wildman–Crippen LogP) is 4.61. The number of nitrogens with one attached hydrogen (secondary N) is 1. The summed E-state index contributed by atoms with van der Waals surface area (Å²) in [5.41, 5.74) is -0.443. The molecule has 0 fully saturated rings. The number of nitro benzene ring substituents is 1. The quantitative estimate of drug-likeness (QED) is 0.633. The summed E-state index contributed by atoms with van der Waals surface area (Å²) in [7, 11) is 0. The lowest BCUT2D eigenvalue weighted by molar-refractivity contribution is -0.385. The zero-order valence-corrected chi connectivity index (χ0v) is 14.5. The Morgan fingerprint density at radius 3 is 2.31 bits per heavy atom. The molecule has 0 unspecified atom stereocenters. The molecule has 0 atom stereocenters. The molecule has 2 aromatic rings. The maximum Gasteiger partial charge on any atom is 0.412 e. The Kier molecular flexibility index (Phi) is 5.42. The minimum atomic E-state index is -0.626. The Morgan fingerprint density at radius 1 is 1.15 bits per heavy atom. The van der Waals surface area contributed by atoms with Crippen molar-refractivity contribution in [2.45, 2.75) is 26.4 Å². The van der Waals surface area contributed by atoms with Crippen LogP contribution in [-0.2, 0) is 4.74 Å². The number of carbonyl (C=O) groups excluding carboxylic acids is 1. The Bertz CT molecular complexity index is 864. The first kappa shape index (κ1) is 18.7. The molecule has 0 bridgehead atoms. The number of hydrogen-bond acceptors (Lipinski definition) is 6. The van der Waals surface area contributed by atoms with Gasteiger partial charge in [0.05, 0.1) is 4.92 Å². The second kappa shape index (κ2) is 7.53. The van der Waals surface area contributed by atoms with Crippen LogP contribution in [0.3, 0.4) is 0 Å². The minimum Gasteiger partial charge on any atom is -0.457 e. The van der Waals surface area contributed by atoms with Crippen LogP contribution in [0.1, 0.15) is 26.3 Å². The van der Waals surface area contributed by atoms with Crippen LogP contribution < -0.4 is 10.1 Å². The van der Waals surface area contributed by atoms with Crippen molar-refractivity contribution in [3.05, 3.63) is 58.1 Å². The lowest BCUT2D eigenvalue weighted by Crippen LogP contribution is -2.27. The SMILES string of the molecule is CC(C)(C)OC(=O)Nc1ccc(Oc2ccc([N+](=O)[O-])c(C#N)c2)cc1. The zero-order chi connectivity index (χ0) is 19.3. The molecule has 2 aromatic carbocycles. The molecule has 0 aliphatic carbocycles. The van der Waals surface area contributed by atoms with E-state index in [0.717, 1.165) is 0 Å². The van der Waals surface area contributed by atoms with Crippen molar-refractivity contribution in [2.24, 2.45) is 0 Å². The van der Waals surface area contributed by atoms with E-state index in [1.807, 2.05) is 0 Å². The average molecular weight is 355 g/mol. The fraction of sp³-hybridized carbons (Fsp3) is 0.222. The van der Waals surface area contributed by atoms with Crippen molar-refractivity contribution in [2.75, 3.05) is 5.32 Å². The van der Waals surface area contributed by atoms with Gasteiger partial charge in [-0.05, 0) is 51.1 Å². The molecule has 0 saturated carbocycles. The Labute approximate surface area is 150 Å². The van der Waals surface area contributed by atoms with E-state index in [1.54, 1.807) is 51.1 Å². The Morgan fingerprint density at radius 2 is 1.77 bits per heavy atom. The second-order valence-corrected chi connectivity index (χ2v) is 6.30. The lowest BCUT2D eigenvalue weighted by atomic mass is 10.2. The van der Waals surface area contributed by atoms with Gasteiger partial charge in [-0.1, -0.05) is 0 Å². The number of ether oxygens (including phenoxy) is 2. The number of benzene rings is 2. The van der Waals surface area contributed by atoms with Crippen LogP contribution >= 0.6 is 0 Å². The largest absolute Gasteiger partial charge is 0.457 e. The standard InChI is InChI=1S/C18H17N3O5/c1-18(2,3)26-17(22)20-13-4-6-14(7-5-13)25-15-8-9-16(21(23)24)12(10-15)11-19/h4-10H,1-3H3,(H,20,22). The third-order valence-electron chi connectivity index (χ3n) is 3.02. The van der Waals surface area contributed by atoms with Crippen LogP contribution in [0, 0.1) is 21.4 Å². The summed E-state index contributed by atoms with van der Waals surface area (Å²) in [5.74, 6) is 0.734. The van der Waals surface area contributed by atoms with E-state index in [1.165, 1.54) is 18.2 Å². The van der Waals surface area contributed by atoms with Gasteiger partial charge < -0.3 is 9.47 Å². The van der Waals surface area contributed by atoms with Crippen molar-refractivity contribution >= 4 is 17.5 Å². The molecule has 0 aliphatic heterocycles. The zero-order valence-electron chi connectivity index (χ0n) is 14.5. The van der Waals surface area contributed by atoms with Gasteiger partial charge in [0.25, 0.3) is 5.69 Å². The molecule has 0 aromatic heterocycles. The number of nitro groups is 1. The second-order valence-electron chi connectivity index (χ2n) is 6.30. The maximum absolute atomic E-state index is 11.7. The van der Waals surface area contributed by atoms with Gasteiger partial charge in [-0.2, -0.15) is 5.26 Å². The number of nitrogens with zero attached hydrogens (tertiary/aromatic N) is 2. The highest BCUT2D eigenvalue weighted by atomic mass is 16.6. The minimum absolute atomic E-state index is 0.0873. The highest BCUT2D eigenvalue weighted by Gasteiger charge is 2.16. The molecule has 0 heterocycles. The molecule has 0 aliphatic rings. The van der Waals surface area contributed by atoms with E-state index in [-0.39, 0.29) is 11.3 Å². The van der Waals surface area contributed by atoms with E-state index in [9.17, 15) is 14.9 Å². The Hall–Kier alpha value is -3.60. The third kappa shape index (κ3) is 5.21. The van der Waals surface area contributed by atoms with Gasteiger partial charge in [-0.25, -0.2) is 4.79 Å². The number of carbonyl (C=O) groups is 1. The van der Waals surface area contributed by atoms with E-state index in [2.05, 4.69) is 5.32 Å². The highest BCUT2D eigenvalue weighted by molar-refractivity contribution is 5.84. The van der Waals surface area contributed by atoms with Crippen LogP contribution in [0.5, 0.6) is 11.5 Å². The molecule has 134 valence electrons. The number of nitriles is 1. The van der Waals surface area contributed by atoms with Crippen LogP contribution in [0.25, 0.3) is 0 Å². The molecule has 0 radical (unpaired) electrons. The summed E-state index contributed by atoms with van der Waals surface area (Å²) in [6, 6.07) is 12.2. The van der Waals surface area contributed by atoms with Gasteiger partial charge in [-0.3, -0.25) is 15.4 Å². The lowest BCUT2D eigenvalue weighted by Gasteiger charge is -2.19. The summed E-state index contributed by atoms with van der Waals surface area (Å²) in [5, 5.41) is 22.4. The van der Waals surface area contributed by atoms with Crippen molar-refractivity contribution in [1.82, 2.24) is 0 Å². The van der Waals surface area contributed by atoms with Crippen LogP contribution in [-0.4, -0.2) is 16.6 Å². The molecule has 2 rings (SSSR count). The van der Waals surface area contributed by atoms with Crippen molar-refractivity contribution in [1.29, 1.82) is 5.26 Å². The van der Waals surface area contributed by atoms with Gasteiger partial charge in [0, 0.05) is 17.8 Å². The van der Waals surface area contributed by atoms with Crippen LogP contribution in [0.4, 0.5) is 16.2 Å². The molecular weight excluding hydrogens is 338 g/mol. The van der Waals surface area contributed by atoms with Gasteiger partial charge in [0.15, 0.2) is 0 Å². The van der Waals surface area contributed by atoms with E-state index < -0.39 is 16.6 Å². The van der Waals surface area contributed by atoms with Crippen LogP contribution in [0.2, 0.25) is 0 Å². The number of hydrogen-bond donors (Lipinski definition) is 1. The fourth-order valence-corrected chi connectivity index (χ4v) is 1.99. The highest BCUT2D eigenvalue weighted by Crippen LogP contribution is 2.28. The monoisotopic (exact) mass is 355 g/mol. The number of amides is 1. The van der Waals surface area contributed by atoms with Crippen molar-refractivity contribution in [3.8, 4) is 17.6 Å². The van der Waals surface area contributed by atoms with Gasteiger partial charge in [-0.15, -0.1) is 0 Å². The summed E-state index contributed by atoms with van der Waals surface area (Å²) in [6.07, 6.45) is -0.569. The average Bonchev–Trinajstić information content (AvgIpc) is 2.54.